The zero-order valence-corrected chi connectivity index (χ0v) is 19.2. The quantitative estimate of drug-likeness (QED) is 0.402. The second kappa shape index (κ2) is 9.85. The molecule has 0 saturated carbocycles. The molecule has 4 aromatic carbocycles. The Morgan fingerprint density at radius 3 is 1.91 bits per heavy atom. The van der Waals surface area contributed by atoms with Crippen LogP contribution in [0, 0.1) is 0 Å². The molecule has 5 rings (SSSR count). The van der Waals surface area contributed by atoms with Crippen molar-refractivity contribution in [2.24, 2.45) is 5.73 Å². The number of amides is 2. The molecule has 0 aromatic heterocycles. The molecule has 3 N–H and O–H groups in total. The van der Waals surface area contributed by atoms with Crippen molar-refractivity contribution in [3.8, 4) is 16.9 Å². The summed E-state index contributed by atoms with van der Waals surface area (Å²) in [5, 5.41) is 2.91. The SMILES string of the molecule is NC(=O)[C@H](Cc1ccc(OCc2ccccc2)cc1)NC(=O)C1c2ccccc2-c2ccccc21. The molecule has 1 aliphatic rings. The second-order valence-corrected chi connectivity index (χ2v) is 8.69. The van der Waals surface area contributed by atoms with Crippen LogP contribution in [0.3, 0.4) is 0 Å². The summed E-state index contributed by atoms with van der Waals surface area (Å²) in [4.78, 5) is 25.7. The fourth-order valence-corrected chi connectivity index (χ4v) is 4.61. The average molecular weight is 463 g/mol. The average Bonchev–Trinajstić information content (AvgIpc) is 3.23. The third kappa shape index (κ3) is 4.80. The smallest absolute Gasteiger partial charge is 0.240 e. The monoisotopic (exact) mass is 462 g/mol. The lowest BCUT2D eigenvalue weighted by Crippen LogP contribution is -2.47. The van der Waals surface area contributed by atoms with Crippen LogP contribution in [0.1, 0.15) is 28.2 Å². The van der Waals surface area contributed by atoms with Crippen molar-refractivity contribution in [3.05, 3.63) is 125 Å². The first-order chi connectivity index (χ1) is 17.1. The Labute approximate surface area is 204 Å². The minimum absolute atomic E-state index is 0.228. The molecule has 0 aliphatic heterocycles. The molecule has 0 radical (unpaired) electrons. The van der Waals surface area contributed by atoms with Gasteiger partial charge in [0.25, 0.3) is 0 Å². The predicted molar refractivity (Wildman–Crippen MR) is 136 cm³/mol. The highest BCUT2D eigenvalue weighted by molar-refractivity contribution is 5.98. The molecular weight excluding hydrogens is 436 g/mol. The Morgan fingerprint density at radius 1 is 0.743 bits per heavy atom. The maximum atomic E-state index is 13.4. The molecule has 0 spiro atoms. The van der Waals surface area contributed by atoms with E-state index in [1.165, 1.54) is 0 Å². The van der Waals surface area contributed by atoms with E-state index < -0.39 is 17.9 Å². The molecule has 0 bridgehead atoms. The zero-order chi connectivity index (χ0) is 24.2. The van der Waals surface area contributed by atoms with Crippen molar-refractivity contribution in [1.82, 2.24) is 5.32 Å². The summed E-state index contributed by atoms with van der Waals surface area (Å²) in [5.41, 5.74) is 11.6. The van der Waals surface area contributed by atoms with E-state index in [2.05, 4.69) is 5.32 Å². The summed E-state index contributed by atoms with van der Waals surface area (Å²) >= 11 is 0. The molecule has 1 aliphatic carbocycles. The molecule has 35 heavy (non-hydrogen) atoms. The van der Waals surface area contributed by atoms with Crippen LogP contribution in [0.4, 0.5) is 0 Å². The first-order valence-electron chi connectivity index (χ1n) is 11.6. The van der Waals surface area contributed by atoms with Crippen LogP contribution in [-0.2, 0) is 22.6 Å². The number of fused-ring (bicyclic) bond motifs is 3. The van der Waals surface area contributed by atoms with E-state index in [0.717, 1.165) is 39.1 Å². The van der Waals surface area contributed by atoms with E-state index in [9.17, 15) is 9.59 Å². The molecule has 5 nitrogen and oxygen atoms in total. The van der Waals surface area contributed by atoms with Gasteiger partial charge in [0.15, 0.2) is 0 Å². The topological polar surface area (TPSA) is 81.4 Å². The van der Waals surface area contributed by atoms with Crippen LogP contribution in [0.15, 0.2) is 103 Å². The fraction of sp³-hybridized carbons (Fsp3) is 0.133. The van der Waals surface area contributed by atoms with Gasteiger partial charge in [-0.1, -0.05) is 91.0 Å². The number of hydrogen-bond donors (Lipinski definition) is 2. The van der Waals surface area contributed by atoms with Gasteiger partial charge in [-0.05, 0) is 45.5 Å². The van der Waals surface area contributed by atoms with Crippen LogP contribution < -0.4 is 15.8 Å². The normalized spacial score (nSPS) is 12.9. The highest BCUT2D eigenvalue weighted by Gasteiger charge is 2.34. The minimum atomic E-state index is -0.821. The zero-order valence-electron chi connectivity index (χ0n) is 19.2. The van der Waals surface area contributed by atoms with E-state index in [1.807, 2.05) is 103 Å². The molecular formula is C30H26N2O3. The highest BCUT2D eigenvalue weighted by Crippen LogP contribution is 2.44. The van der Waals surface area contributed by atoms with Crippen LogP contribution in [-0.4, -0.2) is 17.9 Å². The van der Waals surface area contributed by atoms with Gasteiger partial charge in [-0.15, -0.1) is 0 Å². The number of carbonyl (C=O) groups excluding carboxylic acids is 2. The van der Waals surface area contributed by atoms with Gasteiger partial charge in [0.2, 0.25) is 11.8 Å². The van der Waals surface area contributed by atoms with Gasteiger partial charge in [0, 0.05) is 6.42 Å². The third-order valence-electron chi connectivity index (χ3n) is 6.37. The summed E-state index contributed by atoms with van der Waals surface area (Å²) < 4.78 is 5.84. The van der Waals surface area contributed by atoms with Gasteiger partial charge in [-0.2, -0.15) is 0 Å². The summed E-state index contributed by atoms with van der Waals surface area (Å²) in [6, 6.07) is 32.4. The number of ether oxygens (including phenoxy) is 1. The summed E-state index contributed by atoms with van der Waals surface area (Å²) in [6.07, 6.45) is 0.302. The number of hydrogen-bond acceptors (Lipinski definition) is 3. The van der Waals surface area contributed by atoms with Crippen LogP contribution in [0.5, 0.6) is 5.75 Å². The maximum absolute atomic E-state index is 13.4. The van der Waals surface area contributed by atoms with Crippen LogP contribution in [0.25, 0.3) is 11.1 Å². The van der Waals surface area contributed by atoms with E-state index in [1.54, 1.807) is 0 Å². The molecule has 0 heterocycles. The molecule has 1 atom stereocenters. The van der Waals surface area contributed by atoms with Crippen molar-refractivity contribution in [2.45, 2.75) is 25.0 Å². The summed E-state index contributed by atoms with van der Waals surface area (Å²) in [6.45, 7) is 0.477. The standard InChI is InChI=1S/C30H26N2O3/c31-29(33)27(18-20-14-16-22(17-15-20)35-19-21-8-2-1-3-9-21)32-30(34)28-25-12-6-4-10-23(25)24-11-5-7-13-26(24)28/h1-17,27-28H,18-19H2,(H2,31,33)(H,32,34)/t27-/m0/s1. The third-order valence-corrected chi connectivity index (χ3v) is 6.37. The fourth-order valence-electron chi connectivity index (χ4n) is 4.61. The van der Waals surface area contributed by atoms with Gasteiger partial charge < -0.3 is 15.8 Å². The molecule has 5 heteroatoms. The largest absolute Gasteiger partial charge is 0.489 e. The first kappa shape index (κ1) is 22.4. The van der Waals surface area contributed by atoms with E-state index >= 15 is 0 Å². The van der Waals surface area contributed by atoms with E-state index in [0.29, 0.717) is 13.0 Å². The Bertz CT molecular complexity index is 1300. The number of nitrogens with two attached hydrogens (primary N) is 1. The van der Waals surface area contributed by atoms with E-state index in [-0.39, 0.29) is 5.91 Å². The van der Waals surface area contributed by atoms with Gasteiger partial charge in [0.1, 0.15) is 18.4 Å². The lowest BCUT2D eigenvalue weighted by molar-refractivity contribution is -0.127. The van der Waals surface area contributed by atoms with Gasteiger partial charge in [0.05, 0.1) is 5.92 Å². The van der Waals surface area contributed by atoms with Gasteiger partial charge >= 0.3 is 0 Å². The van der Waals surface area contributed by atoms with Crippen molar-refractivity contribution in [1.29, 1.82) is 0 Å². The number of carbonyl (C=O) groups is 2. The Morgan fingerprint density at radius 2 is 1.31 bits per heavy atom. The van der Waals surface area contributed by atoms with Crippen molar-refractivity contribution >= 4 is 11.8 Å². The molecule has 4 aromatic rings. The lowest BCUT2D eigenvalue weighted by atomic mass is 9.95. The van der Waals surface area contributed by atoms with Crippen molar-refractivity contribution in [2.75, 3.05) is 0 Å². The minimum Gasteiger partial charge on any atom is -0.489 e. The van der Waals surface area contributed by atoms with Gasteiger partial charge in [-0.3, -0.25) is 9.59 Å². The summed E-state index contributed by atoms with van der Waals surface area (Å²) in [5.74, 6) is -0.536. The number of rotatable bonds is 8. The van der Waals surface area contributed by atoms with Crippen molar-refractivity contribution in [3.63, 3.8) is 0 Å². The Hall–Kier alpha value is -4.38. The molecule has 2 amide bonds. The molecule has 0 unspecified atom stereocenters. The molecule has 174 valence electrons. The Balaban J connectivity index is 1.28. The Kier molecular flexibility index (Phi) is 6.31. The van der Waals surface area contributed by atoms with Crippen LogP contribution >= 0.6 is 0 Å². The predicted octanol–water partition coefficient (Wildman–Crippen LogP) is 4.59. The lowest BCUT2D eigenvalue weighted by Gasteiger charge is -2.20. The first-order valence-corrected chi connectivity index (χ1v) is 11.6. The second-order valence-electron chi connectivity index (χ2n) is 8.69. The molecule has 0 saturated heterocycles. The molecule has 0 fully saturated rings. The van der Waals surface area contributed by atoms with Crippen molar-refractivity contribution < 1.29 is 14.3 Å². The maximum Gasteiger partial charge on any atom is 0.240 e. The highest BCUT2D eigenvalue weighted by atomic mass is 16.5. The van der Waals surface area contributed by atoms with E-state index in [4.69, 9.17) is 10.5 Å². The van der Waals surface area contributed by atoms with Crippen LogP contribution in [0.2, 0.25) is 0 Å². The number of nitrogens with one attached hydrogen (secondary N) is 1. The number of primary amides is 1. The van der Waals surface area contributed by atoms with Gasteiger partial charge in [-0.25, -0.2) is 0 Å². The summed E-state index contributed by atoms with van der Waals surface area (Å²) in [7, 11) is 0. The number of benzene rings is 4.